The number of carbonyl (C=O) groups is 1. The van der Waals surface area contributed by atoms with Crippen molar-refractivity contribution >= 4 is 11.9 Å². The Balaban J connectivity index is 2.04. The van der Waals surface area contributed by atoms with Crippen LogP contribution in [0, 0.1) is 5.92 Å². The molecule has 0 N–H and O–H groups in total. The molecule has 2 rings (SSSR count). The molecular formula is C17H20O3. The second kappa shape index (κ2) is 7.06. The Kier molecular flexibility index (Phi) is 5.13. The van der Waals surface area contributed by atoms with E-state index in [0.29, 0.717) is 12.5 Å². The molecule has 0 radical (unpaired) electrons. The fraction of sp³-hybridized carbons (Fsp3) is 0.353. The third-order valence-electron chi connectivity index (χ3n) is 3.35. The van der Waals surface area contributed by atoms with Crippen LogP contribution < -0.4 is 4.74 Å². The molecule has 1 aliphatic heterocycles. The van der Waals surface area contributed by atoms with E-state index in [1.807, 2.05) is 30.3 Å². The summed E-state index contributed by atoms with van der Waals surface area (Å²) in [4.78, 5) is 10.9. The lowest BCUT2D eigenvalue weighted by Crippen LogP contribution is -2.00. The highest BCUT2D eigenvalue weighted by atomic mass is 16.5. The Hall–Kier alpha value is -1.87. The first-order chi connectivity index (χ1) is 9.69. The Morgan fingerprint density at radius 3 is 2.80 bits per heavy atom. The van der Waals surface area contributed by atoms with Gasteiger partial charge in [-0.25, -0.2) is 0 Å². The third-order valence-corrected chi connectivity index (χ3v) is 3.35. The average Bonchev–Trinajstić information content (AvgIpc) is 2.87. The molecule has 1 aromatic carbocycles. The Morgan fingerprint density at radius 2 is 2.15 bits per heavy atom. The van der Waals surface area contributed by atoms with Gasteiger partial charge in [-0.15, -0.1) is 0 Å². The van der Waals surface area contributed by atoms with E-state index in [0.717, 1.165) is 24.3 Å². The van der Waals surface area contributed by atoms with Gasteiger partial charge in [0.15, 0.2) is 5.78 Å². The van der Waals surface area contributed by atoms with Crippen molar-refractivity contribution in [2.75, 3.05) is 20.3 Å². The zero-order valence-corrected chi connectivity index (χ0v) is 12.0. The largest absolute Gasteiger partial charge is 0.497 e. The minimum atomic E-state index is 0.0876. The van der Waals surface area contributed by atoms with Gasteiger partial charge in [-0.05, 0) is 42.7 Å². The second-order valence-corrected chi connectivity index (χ2v) is 4.95. The number of benzene rings is 1. The highest BCUT2D eigenvalue weighted by Crippen LogP contribution is 2.26. The molecule has 3 nitrogen and oxygen atoms in total. The van der Waals surface area contributed by atoms with Crippen molar-refractivity contribution in [3.63, 3.8) is 0 Å². The van der Waals surface area contributed by atoms with Gasteiger partial charge >= 0.3 is 0 Å². The lowest BCUT2D eigenvalue weighted by atomic mass is 9.96. The van der Waals surface area contributed by atoms with E-state index in [-0.39, 0.29) is 5.78 Å². The summed E-state index contributed by atoms with van der Waals surface area (Å²) in [6.07, 6.45) is 6.58. The Bertz CT molecular complexity index is 512. The highest BCUT2D eigenvalue weighted by Gasteiger charge is 2.20. The molecular weight excluding hydrogens is 252 g/mol. The van der Waals surface area contributed by atoms with Crippen LogP contribution in [0.1, 0.15) is 18.9 Å². The number of ether oxygens (including phenoxy) is 2. The minimum absolute atomic E-state index is 0.0876. The molecule has 0 aromatic heterocycles. The molecule has 1 heterocycles. The minimum Gasteiger partial charge on any atom is -0.497 e. The summed E-state index contributed by atoms with van der Waals surface area (Å²) in [6.45, 7) is 2.96. The lowest BCUT2D eigenvalue weighted by molar-refractivity contribution is -0.112. The molecule has 0 bridgehead atoms. The van der Waals surface area contributed by atoms with Gasteiger partial charge in [-0.3, -0.25) is 4.79 Å². The first-order valence-electron chi connectivity index (χ1n) is 6.78. The molecule has 0 spiro atoms. The predicted molar refractivity (Wildman–Crippen MR) is 79.7 cm³/mol. The average molecular weight is 272 g/mol. The van der Waals surface area contributed by atoms with Crippen LogP contribution in [0.25, 0.3) is 6.08 Å². The van der Waals surface area contributed by atoms with E-state index in [4.69, 9.17) is 9.47 Å². The van der Waals surface area contributed by atoms with E-state index in [9.17, 15) is 4.79 Å². The summed E-state index contributed by atoms with van der Waals surface area (Å²) in [5.74, 6) is 1.31. The van der Waals surface area contributed by atoms with Crippen molar-refractivity contribution in [1.29, 1.82) is 0 Å². The standard InChI is InChI=1S/C17H20O3/c1-13(18)4-3-5-15-11-20-12-16(15)10-14-6-8-17(19-2)9-7-14/h3-4,6-10,15H,5,11-12H2,1-2H3/b4-3+,16-10+/t15-/m0/s1. The molecule has 106 valence electrons. The molecule has 3 heteroatoms. The summed E-state index contributed by atoms with van der Waals surface area (Å²) < 4.78 is 10.7. The summed E-state index contributed by atoms with van der Waals surface area (Å²) in [7, 11) is 1.66. The third kappa shape index (κ3) is 4.07. The van der Waals surface area contributed by atoms with Gasteiger partial charge in [-0.1, -0.05) is 24.3 Å². The van der Waals surface area contributed by atoms with Crippen molar-refractivity contribution in [2.45, 2.75) is 13.3 Å². The van der Waals surface area contributed by atoms with Crippen LogP contribution >= 0.6 is 0 Å². The zero-order chi connectivity index (χ0) is 14.4. The summed E-state index contributed by atoms with van der Waals surface area (Å²) >= 11 is 0. The van der Waals surface area contributed by atoms with E-state index in [1.165, 1.54) is 5.57 Å². The van der Waals surface area contributed by atoms with Gasteiger partial charge in [0.1, 0.15) is 5.75 Å². The molecule has 1 saturated heterocycles. The summed E-state index contributed by atoms with van der Waals surface area (Å²) in [5.41, 5.74) is 2.43. The van der Waals surface area contributed by atoms with Gasteiger partial charge in [-0.2, -0.15) is 0 Å². The lowest BCUT2D eigenvalue weighted by Gasteiger charge is -2.07. The topological polar surface area (TPSA) is 35.5 Å². The first kappa shape index (κ1) is 14.5. The van der Waals surface area contributed by atoms with Crippen LogP contribution in [0.2, 0.25) is 0 Å². The smallest absolute Gasteiger partial charge is 0.152 e. The van der Waals surface area contributed by atoms with Gasteiger partial charge in [0.05, 0.1) is 20.3 Å². The second-order valence-electron chi connectivity index (χ2n) is 4.95. The highest BCUT2D eigenvalue weighted by molar-refractivity contribution is 5.87. The monoisotopic (exact) mass is 272 g/mol. The molecule has 1 aromatic rings. The predicted octanol–water partition coefficient (Wildman–Crippen LogP) is 3.26. The van der Waals surface area contributed by atoms with Crippen LogP contribution in [0.15, 0.2) is 42.0 Å². The van der Waals surface area contributed by atoms with E-state index in [1.54, 1.807) is 20.1 Å². The Labute approximate surface area is 119 Å². The van der Waals surface area contributed by atoms with E-state index >= 15 is 0 Å². The van der Waals surface area contributed by atoms with Gasteiger partial charge in [0, 0.05) is 5.92 Å². The maximum absolute atomic E-state index is 10.9. The maximum atomic E-state index is 10.9. The number of methoxy groups -OCH3 is 1. The molecule has 0 aliphatic carbocycles. The summed E-state index contributed by atoms with van der Waals surface area (Å²) in [6, 6.07) is 7.97. The van der Waals surface area contributed by atoms with Gasteiger partial charge in [0.25, 0.3) is 0 Å². The molecule has 0 saturated carbocycles. The molecule has 20 heavy (non-hydrogen) atoms. The van der Waals surface area contributed by atoms with Gasteiger partial charge in [0.2, 0.25) is 0 Å². The fourth-order valence-electron chi connectivity index (χ4n) is 2.24. The van der Waals surface area contributed by atoms with Crippen LogP contribution in [-0.2, 0) is 9.53 Å². The quantitative estimate of drug-likeness (QED) is 0.772. The number of ketones is 1. The van der Waals surface area contributed by atoms with Crippen molar-refractivity contribution in [3.05, 3.63) is 47.6 Å². The van der Waals surface area contributed by atoms with Crippen LogP contribution in [0.3, 0.4) is 0 Å². The Morgan fingerprint density at radius 1 is 1.40 bits per heavy atom. The molecule has 0 amide bonds. The van der Waals surface area contributed by atoms with Crippen LogP contribution in [-0.4, -0.2) is 26.1 Å². The van der Waals surface area contributed by atoms with E-state index < -0.39 is 0 Å². The van der Waals surface area contributed by atoms with Crippen molar-refractivity contribution in [3.8, 4) is 5.75 Å². The fourth-order valence-corrected chi connectivity index (χ4v) is 2.24. The SMILES string of the molecule is COc1ccc(/C=C2\COC[C@@H]2C/C=C/C(C)=O)cc1. The molecule has 1 aliphatic rings. The number of hydrogen-bond acceptors (Lipinski definition) is 3. The number of carbonyl (C=O) groups excluding carboxylic acids is 1. The van der Waals surface area contributed by atoms with Gasteiger partial charge < -0.3 is 9.47 Å². The van der Waals surface area contributed by atoms with Crippen LogP contribution in [0.5, 0.6) is 5.75 Å². The van der Waals surface area contributed by atoms with Crippen LogP contribution in [0.4, 0.5) is 0 Å². The molecule has 0 unspecified atom stereocenters. The number of hydrogen-bond donors (Lipinski definition) is 0. The number of rotatable bonds is 5. The zero-order valence-electron chi connectivity index (χ0n) is 12.0. The van der Waals surface area contributed by atoms with E-state index in [2.05, 4.69) is 6.08 Å². The van der Waals surface area contributed by atoms with Crippen molar-refractivity contribution in [2.24, 2.45) is 5.92 Å². The summed E-state index contributed by atoms with van der Waals surface area (Å²) in [5, 5.41) is 0. The molecule has 1 atom stereocenters. The molecule has 1 fully saturated rings. The maximum Gasteiger partial charge on any atom is 0.152 e. The first-order valence-corrected chi connectivity index (χ1v) is 6.78. The number of allylic oxidation sites excluding steroid dienone is 2. The van der Waals surface area contributed by atoms with Crippen molar-refractivity contribution < 1.29 is 14.3 Å². The van der Waals surface area contributed by atoms with Crippen molar-refractivity contribution in [1.82, 2.24) is 0 Å². The normalized spacial score (nSPS) is 20.7.